The maximum Gasteiger partial charge on any atom is 0.0822 e. The lowest BCUT2D eigenvalue weighted by Gasteiger charge is -2.39. The molecule has 2 atom stereocenters. The third-order valence-electron chi connectivity index (χ3n) is 3.70. The van der Waals surface area contributed by atoms with Gasteiger partial charge in [-0.25, -0.2) is 0 Å². The molecule has 3 heterocycles. The molecule has 0 aromatic carbocycles. The molecule has 1 aromatic heterocycles. The van der Waals surface area contributed by atoms with Crippen LogP contribution in [0.3, 0.4) is 0 Å². The SMILES string of the molecule is Clc1cnccc1N1C2CCC1CC(Cl)C2. The molecule has 4 heteroatoms. The summed E-state index contributed by atoms with van der Waals surface area (Å²) in [4.78, 5) is 6.50. The van der Waals surface area contributed by atoms with Crippen LogP contribution in [-0.2, 0) is 0 Å². The van der Waals surface area contributed by atoms with Gasteiger partial charge >= 0.3 is 0 Å². The van der Waals surface area contributed by atoms with E-state index in [4.69, 9.17) is 23.2 Å². The molecule has 2 nitrogen and oxygen atoms in total. The molecule has 2 aliphatic heterocycles. The first-order valence-corrected chi connectivity index (χ1v) is 6.59. The van der Waals surface area contributed by atoms with Gasteiger partial charge in [0, 0.05) is 29.9 Å². The van der Waals surface area contributed by atoms with Gasteiger partial charge in [-0.05, 0) is 31.7 Å². The number of fused-ring (bicyclic) bond motifs is 2. The second-order valence-corrected chi connectivity index (χ2v) is 5.71. The number of aromatic nitrogens is 1. The zero-order chi connectivity index (χ0) is 11.1. The van der Waals surface area contributed by atoms with E-state index >= 15 is 0 Å². The lowest BCUT2D eigenvalue weighted by atomic mass is 10.0. The number of hydrogen-bond donors (Lipinski definition) is 0. The zero-order valence-corrected chi connectivity index (χ0v) is 10.5. The highest BCUT2D eigenvalue weighted by molar-refractivity contribution is 6.33. The predicted octanol–water partition coefficient (Wildman–Crippen LogP) is 3.47. The molecule has 0 N–H and O–H groups in total. The van der Waals surface area contributed by atoms with Gasteiger partial charge in [-0.1, -0.05) is 11.6 Å². The van der Waals surface area contributed by atoms with Gasteiger partial charge in [0.2, 0.25) is 0 Å². The molecule has 0 spiro atoms. The van der Waals surface area contributed by atoms with Gasteiger partial charge in [0.25, 0.3) is 0 Å². The minimum absolute atomic E-state index is 0.342. The Hall–Kier alpha value is -0.470. The van der Waals surface area contributed by atoms with Crippen LogP contribution in [0.15, 0.2) is 18.5 Å². The van der Waals surface area contributed by atoms with Crippen LogP contribution in [0.2, 0.25) is 5.02 Å². The van der Waals surface area contributed by atoms with Crippen LogP contribution in [0.1, 0.15) is 25.7 Å². The summed E-state index contributed by atoms with van der Waals surface area (Å²) in [5, 5.41) is 1.10. The predicted molar refractivity (Wildman–Crippen MR) is 67.4 cm³/mol. The number of anilines is 1. The quantitative estimate of drug-likeness (QED) is 0.716. The summed E-state index contributed by atoms with van der Waals surface area (Å²) in [6.45, 7) is 0. The summed E-state index contributed by atoms with van der Waals surface area (Å²) in [5.41, 5.74) is 1.13. The third kappa shape index (κ3) is 1.68. The normalized spacial score (nSPS) is 33.1. The Balaban J connectivity index is 1.94. The average molecular weight is 257 g/mol. The Bertz CT molecular complexity index is 382. The van der Waals surface area contributed by atoms with Crippen LogP contribution in [0.4, 0.5) is 5.69 Å². The van der Waals surface area contributed by atoms with E-state index < -0.39 is 0 Å². The van der Waals surface area contributed by atoms with Crippen LogP contribution in [0, 0.1) is 0 Å². The third-order valence-corrected chi connectivity index (χ3v) is 4.35. The Kier molecular flexibility index (Phi) is 2.72. The van der Waals surface area contributed by atoms with Crippen molar-refractivity contribution in [1.29, 1.82) is 0 Å². The van der Waals surface area contributed by atoms with Crippen molar-refractivity contribution in [3.63, 3.8) is 0 Å². The number of rotatable bonds is 1. The number of pyridine rings is 1. The van der Waals surface area contributed by atoms with Crippen LogP contribution in [0.25, 0.3) is 0 Å². The van der Waals surface area contributed by atoms with Crippen LogP contribution in [-0.4, -0.2) is 22.4 Å². The van der Waals surface area contributed by atoms with E-state index in [9.17, 15) is 0 Å². The molecule has 3 rings (SSSR count). The molecule has 0 aliphatic carbocycles. The van der Waals surface area contributed by atoms with Gasteiger partial charge < -0.3 is 4.90 Å². The van der Waals surface area contributed by atoms with Gasteiger partial charge in [0.15, 0.2) is 0 Å². The second kappa shape index (κ2) is 4.08. The average Bonchev–Trinajstić information content (AvgIpc) is 2.53. The largest absolute Gasteiger partial charge is 0.364 e. The minimum atomic E-state index is 0.342. The van der Waals surface area contributed by atoms with Gasteiger partial charge in [-0.15, -0.1) is 11.6 Å². The van der Waals surface area contributed by atoms with E-state index in [0.29, 0.717) is 17.5 Å². The molecule has 2 aliphatic rings. The van der Waals surface area contributed by atoms with Crippen molar-refractivity contribution in [3.8, 4) is 0 Å². The molecule has 2 bridgehead atoms. The smallest absolute Gasteiger partial charge is 0.0822 e. The summed E-state index contributed by atoms with van der Waals surface area (Å²) in [6.07, 6.45) is 8.18. The number of nitrogens with zero attached hydrogens (tertiary/aromatic N) is 2. The van der Waals surface area contributed by atoms with Crippen molar-refractivity contribution in [2.24, 2.45) is 0 Å². The lowest BCUT2D eigenvalue weighted by Crippen LogP contribution is -2.43. The molecule has 1 aromatic rings. The van der Waals surface area contributed by atoms with Crippen molar-refractivity contribution in [2.75, 3.05) is 4.90 Å². The first-order chi connectivity index (χ1) is 7.75. The maximum atomic E-state index is 6.27. The number of piperidine rings is 1. The fourth-order valence-electron chi connectivity index (χ4n) is 3.08. The van der Waals surface area contributed by atoms with E-state index in [1.165, 1.54) is 12.8 Å². The minimum Gasteiger partial charge on any atom is -0.364 e. The van der Waals surface area contributed by atoms with E-state index in [2.05, 4.69) is 9.88 Å². The molecule has 0 saturated carbocycles. The molecule has 2 unspecified atom stereocenters. The van der Waals surface area contributed by atoms with Crippen LogP contribution < -0.4 is 4.90 Å². The van der Waals surface area contributed by atoms with Crippen molar-refractivity contribution in [1.82, 2.24) is 4.98 Å². The van der Waals surface area contributed by atoms with E-state index in [-0.39, 0.29) is 0 Å². The Labute approximate surface area is 106 Å². The highest BCUT2D eigenvalue weighted by atomic mass is 35.5. The lowest BCUT2D eigenvalue weighted by molar-refractivity contribution is 0.474. The molecular formula is C12H14Cl2N2. The van der Waals surface area contributed by atoms with E-state index in [0.717, 1.165) is 23.6 Å². The number of alkyl halides is 1. The summed E-state index contributed by atoms with van der Waals surface area (Å²) >= 11 is 12.5. The van der Waals surface area contributed by atoms with Gasteiger partial charge in [0.05, 0.1) is 10.7 Å². The highest BCUT2D eigenvalue weighted by Crippen LogP contribution is 2.42. The number of hydrogen-bond acceptors (Lipinski definition) is 2. The highest BCUT2D eigenvalue weighted by Gasteiger charge is 2.40. The van der Waals surface area contributed by atoms with Crippen molar-refractivity contribution >= 4 is 28.9 Å². The maximum absolute atomic E-state index is 6.27. The van der Waals surface area contributed by atoms with Gasteiger partial charge in [-0.3, -0.25) is 4.98 Å². The fraction of sp³-hybridized carbons (Fsp3) is 0.583. The van der Waals surface area contributed by atoms with Crippen LogP contribution >= 0.6 is 23.2 Å². The van der Waals surface area contributed by atoms with E-state index in [1.54, 1.807) is 6.20 Å². The topological polar surface area (TPSA) is 16.1 Å². The van der Waals surface area contributed by atoms with E-state index in [1.807, 2.05) is 12.3 Å². The van der Waals surface area contributed by atoms with Gasteiger partial charge in [-0.2, -0.15) is 0 Å². The molecular weight excluding hydrogens is 243 g/mol. The molecule has 86 valence electrons. The second-order valence-electron chi connectivity index (χ2n) is 4.69. The number of halogens is 2. The fourth-order valence-corrected chi connectivity index (χ4v) is 3.71. The summed E-state index contributed by atoms with van der Waals surface area (Å²) in [7, 11) is 0. The molecule has 0 amide bonds. The zero-order valence-electron chi connectivity index (χ0n) is 8.94. The summed E-state index contributed by atoms with van der Waals surface area (Å²) in [5.74, 6) is 0. The molecule has 2 saturated heterocycles. The summed E-state index contributed by atoms with van der Waals surface area (Å²) < 4.78 is 0. The first kappa shape index (κ1) is 10.7. The monoisotopic (exact) mass is 256 g/mol. The first-order valence-electron chi connectivity index (χ1n) is 5.77. The Morgan fingerprint density at radius 2 is 1.94 bits per heavy atom. The van der Waals surface area contributed by atoms with Gasteiger partial charge in [0.1, 0.15) is 0 Å². The van der Waals surface area contributed by atoms with Crippen molar-refractivity contribution in [3.05, 3.63) is 23.5 Å². The molecule has 2 fully saturated rings. The molecule has 16 heavy (non-hydrogen) atoms. The Morgan fingerprint density at radius 3 is 2.56 bits per heavy atom. The molecule has 0 radical (unpaired) electrons. The standard InChI is InChI=1S/C12H14Cl2N2/c13-8-5-9-1-2-10(6-8)16(9)12-3-4-15-7-11(12)14/h3-4,7-10H,1-2,5-6H2. The summed E-state index contributed by atoms with van der Waals surface area (Å²) in [6, 6.07) is 3.16. The van der Waals surface area contributed by atoms with Crippen molar-refractivity contribution in [2.45, 2.75) is 43.1 Å². The van der Waals surface area contributed by atoms with Crippen LogP contribution in [0.5, 0.6) is 0 Å². The van der Waals surface area contributed by atoms with Crippen molar-refractivity contribution < 1.29 is 0 Å². The Morgan fingerprint density at radius 1 is 1.25 bits per heavy atom.